The van der Waals surface area contributed by atoms with Crippen molar-refractivity contribution in [1.82, 2.24) is 0 Å². The molecular formula is C10H12ClF2NO. The number of aliphatic hydroxyl groups excluding tert-OH is 1. The Bertz CT molecular complexity index is 315. The molecular weight excluding hydrogens is 224 g/mol. The van der Waals surface area contributed by atoms with Gasteiger partial charge in [0.1, 0.15) is 11.6 Å². The Labute approximate surface area is 91.7 Å². The fourth-order valence-corrected chi connectivity index (χ4v) is 1.48. The van der Waals surface area contributed by atoms with Crippen LogP contribution < -0.4 is 5.73 Å². The second kappa shape index (κ2) is 5.39. The van der Waals surface area contributed by atoms with Crippen LogP contribution in [0.4, 0.5) is 8.78 Å². The van der Waals surface area contributed by atoms with E-state index in [9.17, 15) is 13.9 Å². The van der Waals surface area contributed by atoms with E-state index in [1.54, 1.807) is 0 Å². The minimum Gasteiger partial charge on any atom is -0.390 e. The van der Waals surface area contributed by atoms with Gasteiger partial charge >= 0.3 is 0 Å². The molecule has 3 N–H and O–H groups in total. The van der Waals surface area contributed by atoms with Crippen LogP contribution in [0.2, 0.25) is 0 Å². The zero-order valence-electron chi connectivity index (χ0n) is 7.96. The molecule has 2 nitrogen and oxygen atoms in total. The minimum atomic E-state index is -0.877. The van der Waals surface area contributed by atoms with Gasteiger partial charge in [-0.15, -0.1) is 11.6 Å². The monoisotopic (exact) mass is 235 g/mol. The molecule has 0 heterocycles. The predicted molar refractivity (Wildman–Crippen MR) is 54.8 cm³/mol. The molecule has 0 aliphatic carbocycles. The van der Waals surface area contributed by atoms with Gasteiger partial charge in [-0.3, -0.25) is 0 Å². The standard InChI is InChI=1S/C10H12ClF2NO/c11-5-10(15)9(14)3-6-1-7(12)4-8(13)2-6/h1-2,4,9-10,15H,3,5,14H2/t9-,10+/m0/s1. The van der Waals surface area contributed by atoms with Gasteiger partial charge in [-0.1, -0.05) is 0 Å². The number of alkyl halides is 1. The van der Waals surface area contributed by atoms with Crippen LogP contribution in [0.1, 0.15) is 5.56 Å². The van der Waals surface area contributed by atoms with Crippen molar-refractivity contribution in [1.29, 1.82) is 0 Å². The van der Waals surface area contributed by atoms with Gasteiger partial charge in [0, 0.05) is 18.0 Å². The highest BCUT2D eigenvalue weighted by molar-refractivity contribution is 6.18. The first kappa shape index (κ1) is 12.4. The third kappa shape index (κ3) is 3.74. The second-order valence-corrected chi connectivity index (χ2v) is 3.68. The van der Waals surface area contributed by atoms with E-state index in [1.807, 2.05) is 0 Å². The van der Waals surface area contributed by atoms with Crippen molar-refractivity contribution in [2.24, 2.45) is 5.73 Å². The average molecular weight is 236 g/mol. The smallest absolute Gasteiger partial charge is 0.126 e. The Balaban J connectivity index is 2.72. The van der Waals surface area contributed by atoms with Crippen molar-refractivity contribution < 1.29 is 13.9 Å². The molecule has 0 bridgehead atoms. The Morgan fingerprint density at radius 3 is 2.27 bits per heavy atom. The molecule has 1 aromatic rings. The van der Waals surface area contributed by atoms with Gasteiger partial charge in [-0.25, -0.2) is 8.78 Å². The Morgan fingerprint density at radius 2 is 1.80 bits per heavy atom. The number of hydrogen-bond acceptors (Lipinski definition) is 2. The van der Waals surface area contributed by atoms with Gasteiger partial charge in [0.2, 0.25) is 0 Å². The van der Waals surface area contributed by atoms with Crippen molar-refractivity contribution in [3.63, 3.8) is 0 Å². The highest BCUT2D eigenvalue weighted by atomic mass is 35.5. The van der Waals surface area contributed by atoms with E-state index < -0.39 is 23.8 Å². The number of hydrogen-bond donors (Lipinski definition) is 2. The van der Waals surface area contributed by atoms with Crippen LogP contribution in [-0.2, 0) is 6.42 Å². The summed E-state index contributed by atoms with van der Waals surface area (Å²) in [7, 11) is 0. The van der Waals surface area contributed by atoms with E-state index in [2.05, 4.69) is 0 Å². The molecule has 84 valence electrons. The van der Waals surface area contributed by atoms with E-state index >= 15 is 0 Å². The predicted octanol–water partition coefficient (Wildman–Crippen LogP) is 1.43. The quantitative estimate of drug-likeness (QED) is 0.776. The van der Waals surface area contributed by atoms with Crippen molar-refractivity contribution in [3.05, 3.63) is 35.4 Å². The number of nitrogens with two attached hydrogens (primary N) is 1. The topological polar surface area (TPSA) is 46.2 Å². The van der Waals surface area contributed by atoms with E-state index in [0.717, 1.165) is 6.07 Å². The van der Waals surface area contributed by atoms with Gasteiger partial charge < -0.3 is 10.8 Å². The maximum absolute atomic E-state index is 12.8. The van der Waals surface area contributed by atoms with Crippen LogP contribution in [0.25, 0.3) is 0 Å². The number of halogens is 3. The molecule has 0 aliphatic heterocycles. The lowest BCUT2D eigenvalue weighted by atomic mass is 10.0. The van der Waals surface area contributed by atoms with E-state index in [4.69, 9.17) is 17.3 Å². The SMILES string of the molecule is N[C@@H](Cc1cc(F)cc(F)c1)[C@H](O)CCl. The molecule has 0 fully saturated rings. The Hall–Kier alpha value is -0.710. The van der Waals surface area contributed by atoms with E-state index in [0.29, 0.717) is 5.56 Å². The first-order valence-corrected chi connectivity index (χ1v) is 5.01. The van der Waals surface area contributed by atoms with Gasteiger partial charge in [0.15, 0.2) is 0 Å². The lowest BCUT2D eigenvalue weighted by molar-refractivity contribution is 0.166. The van der Waals surface area contributed by atoms with E-state index in [-0.39, 0.29) is 12.3 Å². The maximum Gasteiger partial charge on any atom is 0.126 e. The fourth-order valence-electron chi connectivity index (χ4n) is 1.25. The number of aliphatic hydroxyl groups is 1. The molecule has 0 amide bonds. The first-order valence-electron chi connectivity index (χ1n) is 4.47. The molecule has 0 aliphatic rings. The van der Waals surface area contributed by atoms with Gasteiger partial charge in [0.25, 0.3) is 0 Å². The molecule has 0 unspecified atom stereocenters. The van der Waals surface area contributed by atoms with Gasteiger partial charge in [-0.2, -0.15) is 0 Å². The number of benzene rings is 1. The lowest BCUT2D eigenvalue weighted by Crippen LogP contribution is -2.37. The lowest BCUT2D eigenvalue weighted by Gasteiger charge is -2.16. The first-order chi connectivity index (χ1) is 7.02. The largest absolute Gasteiger partial charge is 0.390 e. The highest BCUT2D eigenvalue weighted by Crippen LogP contribution is 2.11. The summed E-state index contributed by atoms with van der Waals surface area (Å²) in [5.74, 6) is -1.31. The van der Waals surface area contributed by atoms with Crippen molar-refractivity contribution in [2.45, 2.75) is 18.6 Å². The van der Waals surface area contributed by atoms with Crippen LogP contribution in [0, 0.1) is 11.6 Å². The molecule has 0 saturated heterocycles. The summed E-state index contributed by atoms with van der Waals surface area (Å²) in [6, 6.07) is 2.53. The maximum atomic E-state index is 12.8. The van der Waals surface area contributed by atoms with E-state index in [1.165, 1.54) is 12.1 Å². The van der Waals surface area contributed by atoms with Crippen LogP contribution in [0.15, 0.2) is 18.2 Å². The molecule has 0 saturated carbocycles. The normalized spacial score (nSPS) is 15.0. The average Bonchev–Trinajstić information content (AvgIpc) is 2.14. The van der Waals surface area contributed by atoms with Crippen molar-refractivity contribution >= 4 is 11.6 Å². The summed E-state index contributed by atoms with van der Waals surface area (Å²) < 4.78 is 25.6. The molecule has 1 aromatic carbocycles. The zero-order chi connectivity index (χ0) is 11.4. The molecule has 0 radical (unpaired) electrons. The summed E-state index contributed by atoms with van der Waals surface area (Å²) in [4.78, 5) is 0. The van der Waals surface area contributed by atoms with Crippen molar-refractivity contribution in [3.8, 4) is 0 Å². The summed E-state index contributed by atoms with van der Waals surface area (Å²) in [6.07, 6.45) is -0.694. The fraction of sp³-hybridized carbons (Fsp3) is 0.400. The van der Waals surface area contributed by atoms with Crippen LogP contribution in [0.3, 0.4) is 0 Å². The molecule has 5 heteroatoms. The third-order valence-electron chi connectivity index (χ3n) is 2.05. The highest BCUT2D eigenvalue weighted by Gasteiger charge is 2.14. The Kier molecular flexibility index (Phi) is 4.45. The van der Waals surface area contributed by atoms with Crippen LogP contribution in [-0.4, -0.2) is 23.1 Å². The second-order valence-electron chi connectivity index (χ2n) is 3.37. The zero-order valence-corrected chi connectivity index (χ0v) is 8.72. The summed E-state index contributed by atoms with van der Waals surface area (Å²) in [5.41, 5.74) is 5.99. The third-order valence-corrected chi connectivity index (χ3v) is 2.36. The van der Waals surface area contributed by atoms with Crippen LogP contribution in [0.5, 0.6) is 0 Å². The Morgan fingerprint density at radius 1 is 1.27 bits per heavy atom. The summed E-state index contributed by atoms with van der Waals surface area (Å²) in [6.45, 7) is 0. The molecule has 2 atom stereocenters. The molecule has 1 rings (SSSR count). The minimum absolute atomic E-state index is 0.00103. The molecule has 15 heavy (non-hydrogen) atoms. The summed E-state index contributed by atoms with van der Waals surface area (Å²) in [5, 5.41) is 9.28. The molecule has 0 spiro atoms. The van der Waals surface area contributed by atoms with Crippen LogP contribution >= 0.6 is 11.6 Å². The van der Waals surface area contributed by atoms with Crippen molar-refractivity contribution in [2.75, 3.05) is 5.88 Å². The van der Waals surface area contributed by atoms with Gasteiger partial charge in [0.05, 0.1) is 6.10 Å². The summed E-state index contributed by atoms with van der Waals surface area (Å²) >= 11 is 5.40. The van der Waals surface area contributed by atoms with Gasteiger partial charge in [-0.05, 0) is 24.1 Å². The molecule has 0 aromatic heterocycles. The number of rotatable bonds is 4.